The number of hydrogen-bond acceptors (Lipinski definition) is 4. The lowest BCUT2D eigenvalue weighted by Gasteiger charge is -2.34. The van der Waals surface area contributed by atoms with Gasteiger partial charge in [-0.05, 0) is 83.8 Å². The summed E-state index contributed by atoms with van der Waals surface area (Å²) in [7, 11) is -4.06. The lowest BCUT2D eigenvalue weighted by atomic mass is 9.95. The molecule has 1 unspecified atom stereocenters. The molecule has 0 heterocycles. The van der Waals surface area contributed by atoms with E-state index in [2.05, 4.69) is 27.9 Å². The molecule has 1 N–H and O–H groups in total. The molecule has 0 aliphatic heterocycles. The molecule has 3 aromatic carbocycles. The number of nitrogens with zero attached hydrogens (tertiary/aromatic N) is 2. The third-order valence-electron chi connectivity index (χ3n) is 7.26. The zero-order valence-corrected chi connectivity index (χ0v) is 25.7. The summed E-state index contributed by atoms with van der Waals surface area (Å²) in [5.74, 6) is -0.627. The second-order valence-electron chi connectivity index (χ2n) is 10.1. The number of halogens is 1. The second kappa shape index (κ2) is 14.1. The fraction of sp³-hybridized carbons (Fsp3) is 0.355. The SMILES string of the molecule is CCC(C(=O)NC1CCCCC1)N(Cc1ccccc1)C(=O)CN(c1ccc(I)cc1)S(=O)(=O)c1ccccc1. The molecule has 4 rings (SSSR count). The Balaban J connectivity index is 1.67. The van der Waals surface area contributed by atoms with Gasteiger partial charge in [0.1, 0.15) is 12.6 Å². The van der Waals surface area contributed by atoms with E-state index in [0.717, 1.165) is 39.1 Å². The van der Waals surface area contributed by atoms with Crippen molar-refractivity contribution in [3.8, 4) is 0 Å². The molecule has 2 amide bonds. The second-order valence-corrected chi connectivity index (χ2v) is 13.2. The Labute approximate surface area is 251 Å². The normalized spacial score (nSPS) is 14.8. The van der Waals surface area contributed by atoms with Gasteiger partial charge in [-0.2, -0.15) is 0 Å². The molecule has 1 aliphatic rings. The van der Waals surface area contributed by atoms with Crippen LogP contribution in [-0.2, 0) is 26.2 Å². The lowest BCUT2D eigenvalue weighted by Crippen LogP contribution is -2.54. The van der Waals surface area contributed by atoms with Crippen LogP contribution < -0.4 is 9.62 Å². The quantitative estimate of drug-likeness (QED) is 0.263. The predicted octanol–water partition coefficient (Wildman–Crippen LogP) is 5.74. The number of anilines is 1. The number of amides is 2. The van der Waals surface area contributed by atoms with E-state index in [-0.39, 0.29) is 23.4 Å². The van der Waals surface area contributed by atoms with Gasteiger partial charge in [0.15, 0.2) is 0 Å². The number of sulfonamides is 1. The van der Waals surface area contributed by atoms with Gasteiger partial charge >= 0.3 is 0 Å². The van der Waals surface area contributed by atoms with E-state index in [1.165, 1.54) is 23.5 Å². The zero-order valence-electron chi connectivity index (χ0n) is 22.7. The molecule has 3 aromatic rings. The summed E-state index contributed by atoms with van der Waals surface area (Å²) in [6.07, 6.45) is 5.61. The van der Waals surface area contributed by atoms with Crippen LogP contribution in [0.1, 0.15) is 51.0 Å². The standard InChI is InChI=1S/C31H36IN3O4S/c1-2-29(31(37)33-26-14-8-4-9-15-26)34(22-24-12-6-3-7-13-24)30(36)23-35(27-20-18-25(32)19-21-27)40(38,39)28-16-10-5-11-17-28/h3,5-7,10-13,16-21,26,29H,2,4,8-9,14-15,22-23H2,1H3,(H,33,37). The molecule has 212 valence electrons. The van der Waals surface area contributed by atoms with Gasteiger partial charge in [-0.15, -0.1) is 0 Å². The van der Waals surface area contributed by atoms with Crippen molar-refractivity contribution < 1.29 is 18.0 Å². The van der Waals surface area contributed by atoms with Crippen molar-refractivity contribution in [2.24, 2.45) is 0 Å². The first-order valence-corrected chi connectivity index (χ1v) is 16.3. The van der Waals surface area contributed by atoms with E-state index in [4.69, 9.17) is 0 Å². The van der Waals surface area contributed by atoms with Crippen LogP contribution in [0.15, 0.2) is 89.8 Å². The molecule has 1 saturated carbocycles. The first-order chi connectivity index (χ1) is 19.3. The van der Waals surface area contributed by atoms with Crippen molar-refractivity contribution in [3.63, 3.8) is 0 Å². The number of nitrogens with one attached hydrogen (secondary N) is 1. The van der Waals surface area contributed by atoms with Gasteiger partial charge in [0.2, 0.25) is 11.8 Å². The number of carbonyl (C=O) groups excluding carboxylic acids is 2. The number of benzene rings is 3. The van der Waals surface area contributed by atoms with Gasteiger partial charge in [-0.25, -0.2) is 8.42 Å². The smallest absolute Gasteiger partial charge is 0.264 e. The monoisotopic (exact) mass is 673 g/mol. The minimum Gasteiger partial charge on any atom is -0.352 e. The summed E-state index contributed by atoms with van der Waals surface area (Å²) in [5.41, 5.74) is 1.25. The molecule has 9 heteroatoms. The third kappa shape index (κ3) is 7.63. The Hall–Kier alpha value is -2.92. The Morgan fingerprint density at radius 1 is 0.900 bits per heavy atom. The van der Waals surface area contributed by atoms with E-state index in [0.29, 0.717) is 12.1 Å². The van der Waals surface area contributed by atoms with Gasteiger partial charge in [0.25, 0.3) is 10.0 Å². The number of rotatable bonds is 11. The van der Waals surface area contributed by atoms with Crippen molar-refractivity contribution >= 4 is 50.1 Å². The predicted molar refractivity (Wildman–Crippen MR) is 166 cm³/mol. The summed E-state index contributed by atoms with van der Waals surface area (Å²) in [6.45, 7) is 1.65. The largest absolute Gasteiger partial charge is 0.352 e. The van der Waals surface area contributed by atoms with Crippen molar-refractivity contribution in [1.82, 2.24) is 10.2 Å². The van der Waals surface area contributed by atoms with Crippen LogP contribution in [0.3, 0.4) is 0 Å². The van der Waals surface area contributed by atoms with Crippen molar-refractivity contribution in [2.45, 2.75) is 69.0 Å². The Morgan fingerprint density at radius 3 is 2.10 bits per heavy atom. The highest BCUT2D eigenvalue weighted by molar-refractivity contribution is 14.1. The van der Waals surface area contributed by atoms with E-state index < -0.39 is 28.5 Å². The topological polar surface area (TPSA) is 86.8 Å². The van der Waals surface area contributed by atoms with Crippen LogP contribution in [-0.4, -0.2) is 43.8 Å². The molecule has 1 aliphatic carbocycles. The third-order valence-corrected chi connectivity index (χ3v) is 9.77. The molecule has 0 bridgehead atoms. The van der Waals surface area contributed by atoms with Gasteiger partial charge in [-0.3, -0.25) is 13.9 Å². The van der Waals surface area contributed by atoms with Crippen molar-refractivity contribution in [1.29, 1.82) is 0 Å². The average molecular weight is 674 g/mol. The van der Waals surface area contributed by atoms with Crippen molar-refractivity contribution in [3.05, 3.63) is 94.1 Å². The van der Waals surface area contributed by atoms with Crippen LogP contribution >= 0.6 is 22.6 Å². The molecule has 0 aromatic heterocycles. The van der Waals surface area contributed by atoms with Crippen LogP contribution in [0, 0.1) is 3.57 Å². The van der Waals surface area contributed by atoms with Gasteiger partial charge in [-0.1, -0.05) is 74.7 Å². The van der Waals surface area contributed by atoms with Crippen LogP contribution in [0.5, 0.6) is 0 Å². The van der Waals surface area contributed by atoms with Crippen LogP contribution in [0.2, 0.25) is 0 Å². The Kier molecular flexibility index (Phi) is 10.6. The van der Waals surface area contributed by atoms with Gasteiger partial charge < -0.3 is 10.2 Å². The van der Waals surface area contributed by atoms with Gasteiger partial charge in [0, 0.05) is 16.2 Å². The summed E-state index contributed by atoms with van der Waals surface area (Å²) >= 11 is 2.16. The highest BCUT2D eigenvalue weighted by Gasteiger charge is 2.34. The first kappa shape index (κ1) is 30.0. The van der Waals surface area contributed by atoms with E-state index in [9.17, 15) is 18.0 Å². The summed E-state index contributed by atoms with van der Waals surface area (Å²) in [6, 6.07) is 24.0. The van der Waals surface area contributed by atoms with Crippen LogP contribution in [0.4, 0.5) is 5.69 Å². The molecule has 0 spiro atoms. The van der Waals surface area contributed by atoms with E-state index in [1.54, 1.807) is 30.3 Å². The molecule has 40 heavy (non-hydrogen) atoms. The fourth-order valence-electron chi connectivity index (χ4n) is 5.10. The number of carbonyl (C=O) groups is 2. The van der Waals surface area contributed by atoms with Crippen molar-refractivity contribution in [2.75, 3.05) is 10.8 Å². The maximum Gasteiger partial charge on any atom is 0.264 e. The molecule has 1 fully saturated rings. The minimum atomic E-state index is -4.06. The molecule has 7 nitrogen and oxygen atoms in total. The maximum absolute atomic E-state index is 14.1. The summed E-state index contributed by atoms with van der Waals surface area (Å²) < 4.78 is 29.8. The number of hydrogen-bond donors (Lipinski definition) is 1. The highest BCUT2D eigenvalue weighted by atomic mass is 127. The van der Waals surface area contributed by atoms with Crippen LogP contribution in [0.25, 0.3) is 0 Å². The molecule has 0 radical (unpaired) electrons. The lowest BCUT2D eigenvalue weighted by molar-refractivity contribution is -0.140. The maximum atomic E-state index is 14.1. The molecule has 1 atom stereocenters. The summed E-state index contributed by atoms with van der Waals surface area (Å²) in [5, 5.41) is 3.17. The fourth-order valence-corrected chi connectivity index (χ4v) is 6.89. The minimum absolute atomic E-state index is 0.0954. The highest BCUT2D eigenvalue weighted by Crippen LogP contribution is 2.26. The van der Waals surface area contributed by atoms with Gasteiger partial charge in [0.05, 0.1) is 10.6 Å². The van der Waals surface area contributed by atoms with E-state index >= 15 is 0 Å². The van der Waals surface area contributed by atoms with E-state index in [1.807, 2.05) is 49.4 Å². The summed E-state index contributed by atoms with van der Waals surface area (Å²) in [4.78, 5) is 29.3. The Morgan fingerprint density at radius 2 is 1.50 bits per heavy atom. The first-order valence-electron chi connectivity index (χ1n) is 13.8. The molecule has 0 saturated heterocycles. The zero-order chi connectivity index (χ0) is 28.5. The molecular weight excluding hydrogens is 637 g/mol. The Bertz CT molecular complexity index is 1360. The molecular formula is C31H36IN3O4S. The average Bonchev–Trinajstić information content (AvgIpc) is 2.97.